The van der Waals surface area contributed by atoms with E-state index in [1.54, 1.807) is 0 Å². The lowest BCUT2D eigenvalue weighted by Gasteiger charge is -2.38. The molecule has 3 aromatic carbocycles. The summed E-state index contributed by atoms with van der Waals surface area (Å²) in [6, 6.07) is 31.7. The van der Waals surface area contributed by atoms with Gasteiger partial charge in [0.05, 0.1) is 6.10 Å². The van der Waals surface area contributed by atoms with E-state index in [0.717, 1.165) is 29.5 Å². The predicted molar refractivity (Wildman–Crippen MR) is 122 cm³/mol. The van der Waals surface area contributed by atoms with Gasteiger partial charge >= 0.3 is 0 Å². The predicted octanol–water partition coefficient (Wildman–Crippen LogP) is 7.11. The highest BCUT2D eigenvalue weighted by Gasteiger charge is 2.39. The van der Waals surface area contributed by atoms with Crippen molar-refractivity contribution >= 4 is 22.6 Å². The Morgan fingerprint density at radius 3 is 1.52 bits per heavy atom. The molecule has 0 N–H and O–H groups in total. The molecule has 0 heterocycles. The van der Waals surface area contributed by atoms with Crippen molar-refractivity contribution < 1.29 is 4.74 Å². The summed E-state index contributed by atoms with van der Waals surface area (Å²) in [6.45, 7) is 2.19. The van der Waals surface area contributed by atoms with E-state index in [9.17, 15) is 0 Å². The zero-order chi connectivity index (χ0) is 19.0. The fourth-order valence-electron chi connectivity index (χ4n) is 3.47. The molecule has 2 heteroatoms. The fourth-order valence-corrected chi connectivity index (χ4v) is 3.77. The molecule has 0 radical (unpaired) electrons. The first kappa shape index (κ1) is 19.8. The Kier molecular flexibility index (Phi) is 7.25. The average molecular weight is 468 g/mol. The van der Waals surface area contributed by atoms with Gasteiger partial charge in [-0.1, -0.05) is 127 Å². The van der Waals surface area contributed by atoms with Crippen LogP contribution in [0, 0.1) is 0 Å². The second kappa shape index (κ2) is 9.86. The third-order valence-electron chi connectivity index (χ3n) is 4.83. The summed E-state index contributed by atoms with van der Waals surface area (Å²) in [5.41, 5.74) is 2.82. The maximum absolute atomic E-state index is 6.99. The summed E-state index contributed by atoms with van der Waals surface area (Å²) in [7, 11) is 0. The fraction of sp³-hybridized carbons (Fsp3) is 0.200. The zero-order valence-corrected chi connectivity index (χ0v) is 17.8. The molecular formula is C25H25IO. The van der Waals surface area contributed by atoms with Crippen molar-refractivity contribution in [2.24, 2.45) is 0 Å². The Morgan fingerprint density at radius 2 is 1.19 bits per heavy atom. The minimum absolute atomic E-state index is 0.122. The van der Waals surface area contributed by atoms with E-state index in [0.29, 0.717) is 0 Å². The highest BCUT2D eigenvalue weighted by molar-refractivity contribution is 14.1. The molecule has 1 atom stereocenters. The third-order valence-corrected chi connectivity index (χ3v) is 5.34. The molecule has 0 aliphatic carbocycles. The van der Waals surface area contributed by atoms with Crippen LogP contribution in [0.4, 0.5) is 0 Å². The van der Waals surface area contributed by atoms with Gasteiger partial charge in [0.15, 0.2) is 0 Å². The summed E-state index contributed by atoms with van der Waals surface area (Å²) in [5.74, 6) is 0. The van der Waals surface area contributed by atoms with Crippen LogP contribution in [0.1, 0.15) is 36.5 Å². The second-order valence-electron chi connectivity index (χ2n) is 6.52. The number of rotatable bonds is 8. The molecule has 138 valence electrons. The van der Waals surface area contributed by atoms with Gasteiger partial charge < -0.3 is 4.74 Å². The van der Waals surface area contributed by atoms with Crippen molar-refractivity contribution in [2.45, 2.75) is 31.5 Å². The van der Waals surface area contributed by atoms with Crippen molar-refractivity contribution in [1.82, 2.24) is 0 Å². The summed E-state index contributed by atoms with van der Waals surface area (Å²) in [5, 5.41) is 0. The minimum Gasteiger partial charge on any atom is -0.357 e. The maximum atomic E-state index is 6.99. The molecular weight excluding hydrogens is 443 g/mol. The summed E-state index contributed by atoms with van der Waals surface area (Å²) in [6.07, 6.45) is 4.15. The summed E-state index contributed by atoms with van der Waals surface area (Å²) < 4.78 is 9.06. The third kappa shape index (κ3) is 4.50. The number of benzene rings is 3. The Balaban J connectivity index is 2.22. The molecule has 0 amide bonds. The van der Waals surface area contributed by atoms with Crippen LogP contribution in [-0.4, -0.2) is 6.10 Å². The molecule has 0 aliphatic rings. The van der Waals surface area contributed by atoms with Crippen molar-refractivity contribution in [2.75, 3.05) is 0 Å². The molecule has 0 saturated carbocycles. The van der Waals surface area contributed by atoms with Crippen LogP contribution in [0.2, 0.25) is 0 Å². The highest BCUT2D eigenvalue weighted by atomic mass is 127. The molecule has 0 saturated heterocycles. The van der Waals surface area contributed by atoms with E-state index in [1.165, 1.54) is 0 Å². The SMILES string of the molecule is CCC(CC=CI)OC(c1ccccc1)(c1ccccc1)c1ccccc1. The van der Waals surface area contributed by atoms with Gasteiger partial charge in [-0.05, 0) is 33.6 Å². The molecule has 3 rings (SSSR count). The highest BCUT2D eigenvalue weighted by Crippen LogP contribution is 2.42. The summed E-state index contributed by atoms with van der Waals surface area (Å²) in [4.78, 5) is 0. The Hall–Kier alpha value is -1.91. The van der Waals surface area contributed by atoms with E-state index in [1.807, 2.05) is 0 Å². The van der Waals surface area contributed by atoms with Gasteiger partial charge in [-0.2, -0.15) is 0 Å². The van der Waals surface area contributed by atoms with Gasteiger partial charge in [0.2, 0.25) is 0 Å². The van der Waals surface area contributed by atoms with E-state index in [4.69, 9.17) is 4.74 Å². The standard InChI is InChI=1S/C25H25IO/c1-2-24(19-12-20-26)27-25(21-13-6-3-7-14-21,22-15-8-4-9-16-22)23-17-10-5-11-18-23/h3-18,20,24H,2,19H2,1H3. The van der Waals surface area contributed by atoms with E-state index >= 15 is 0 Å². The van der Waals surface area contributed by atoms with Crippen LogP contribution in [-0.2, 0) is 10.3 Å². The van der Waals surface area contributed by atoms with Gasteiger partial charge in [0.1, 0.15) is 5.60 Å². The Labute approximate surface area is 176 Å². The van der Waals surface area contributed by atoms with E-state index < -0.39 is 5.60 Å². The maximum Gasteiger partial charge on any atom is 0.144 e. The number of ether oxygens (including phenoxy) is 1. The quantitative estimate of drug-likeness (QED) is 0.253. The number of halogens is 1. The lowest BCUT2D eigenvalue weighted by atomic mass is 9.79. The lowest BCUT2D eigenvalue weighted by Crippen LogP contribution is -2.36. The first-order chi connectivity index (χ1) is 13.3. The average Bonchev–Trinajstić information content (AvgIpc) is 2.76. The number of hydrogen-bond donors (Lipinski definition) is 0. The van der Waals surface area contributed by atoms with E-state index in [-0.39, 0.29) is 6.10 Å². The molecule has 1 unspecified atom stereocenters. The topological polar surface area (TPSA) is 9.23 Å². The van der Waals surface area contributed by atoms with Gasteiger partial charge in [0, 0.05) is 0 Å². The molecule has 0 bridgehead atoms. The van der Waals surface area contributed by atoms with Crippen molar-refractivity contribution in [3.8, 4) is 0 Å². The van der Waals surface area contributed by atoms with Gasteiger partial charge in [0.25, 0.3) is 0 Å². The molecule has 0 spiro atoms. The number of hydrogen-bond acceptors (Lipinski definition) is 1. The van der Waals surface area contributed by atoms with Crippen LogP contribution >= 0.6 is 22.6 Å². The zero-order valence-electron chi connectivity index (χ0n) is 15.6. The van der Waals surface area contributed by atoms with Crippen molar-refractivity contribution in [3.05, 3.63) is 118 Å². The molecule has 27 heavy (non-hydrogen) atoms. The molecule has 3 aromatic rings. The van der Waals surface area contributed by atoms with Crippen LogP contribution in [0.25, 0.3) is 0 Å². The second-order valence-corrected chi connectivity index (χ2v) is 7.24. The van der Waals surface area contributed by atoms with E-state index in [2.05, 4.69) is 131 Å². The van der Waals surface area contributed by atoms with Gasteiger partial charge in [-0.25, -0.2) is 0 Å². The largest absolute Gasteiger partial charge is 0.357 e. The van der Waals surface area contributed by atoms with Gasteiger partial charge in [-0.3, -0.25) is 0 Å². The van der Waals surface area contributed by atoms with Gasteiger partial charge in [-0.15, -0.1) is 0 Å². The van der Waals surface area contributed by atoms with Crippen LogP contribution < -0.4 is 0 Å². The lowest BCUT2D eigenvalue weighted by molar-refractivity contribution is -0.0472. The van der Waals surface area contributed by atoms with Crippen LogP contribution in [0.5, 0.6) is 0 Å². The van der Waals surface area contributed by atoms with Crippen molar-refractivity contribution in [1.29, 1.82) is 0 Å². The molecule has 1 nitrogen and oxygen atoms in total. The van der Waals surface area contributed by atoms with Crippen molar-refractivity contribution in [3.63, 3.8) is 0 Å². The summed E-state index contributed by atoms with van der Waals surface area (Å²) >= 11 is 2.27. The Morgan fingerprint density at radius 1 is 0.778 bits per heavy atom. The first-order valence-corrected chi connectivity index (χ1v) is 10.7. The van der Waals surface area contributed by atoms with Crippen LogP contribution in [0.3, 0.4) is 0 Å². The normalized spacial score (nSPS) is 13.0. The van der Waals surface area contributed by atoms with Crippen LogP contribution in [0.15, 0.2) is 101 Å². The smallest absolute Gasteiger partial charge is 0.144 e. The first-order valence-electron chi connectivity index (χ1n) is 9.41. The Bertz CT molecular complexity index is 731. The minimum atomic E-state index is -0.635. The molecule has 0 fully saturated rings. The molecule has 0 aliphatic heterocycles. The monoisotopic (exact) mass is 468 g/mol. The molecule has 0 aromatic heterocycles.